The topological polar surface area (TPSA) is 74.1 Å². The molecule has 2 heterocycles. The molecule has 1 unspecified atom stereocenters. The second kappa shape index (κ2) is 9.49. The molecule has 0 saturated carbocycles. The first-order valence-corrected chi connectivity index (χ1v) is 10.9. The number of H-pyrrole nitrogens is 1. The second-order valence-electron chi connectivity index (χ2n) is 8.08. The lowest BCUT2D eigenvalue weighted by molar-refractivity contribution is 0.113. The van der Waals surface area contributed by atoms with E-state index < -0.39 is 0 Å². The molecule has 7 heteroatoms. The van der Waals surface area contributed by atoms with Crippen LogP contribution in [0.15, 0.2) is 54.6 Å². The lowest BCUT2D eigenvalue weighted by atomic mass is 9.97. The third kappa shape index (κ3) is 5.12. The van der Waals surface area contributed by atoms with Crippen LogP contribution in [0, 0.1) is 0 Å². The van der Waals surface area contributed by atoms with Crippen LogP contribution in [0.4, 0.5) is 11.9 Å². The number of piperidine rings is 1. The van der Waals surface area contributed by atoms with Gasteiger partial charge in [-0.15, -0.1) is 5.10 Å². The van der Waals surface area contributed by atoms with Gasteiger partial charge in [-0.05, 0) is 49.4 Å². The molecule has 30 heavy (non-hydrogen) atoms. The van der Waals surface area contributed by atoms with Crippen LogP contribution in [0.2, 0.25) is 5.02 Å². The fourth-order valence-electron chi connectivity index (χ4n) is 4.32. The Balaban J connectivity index is 1.46. The molecule has 0 spiro atoms. The number of nitrogens with one attached hydrogen (secondary N) is 1. The number of hydrogen-bond donors (Lipinski definition) is 2. The van der Waals surface area contributed by atoms with Crippen molar-refractivity contribution >= 4 is 23.5 Å². The van der Waals surface area contributed by atoms with Crippen molar-refractivity contribution in [2.24, 2.45) is 0 Å². The van der Waals surface area contributed by atoms with E-state index >= 15 is 0 Å². The lowest BCUT2D eigenvalue weighted by Crippen LogP contribution is -2.48. The summed E-state index contributed by atoms with van der Waals surface area (Å²) in [5, 5.41) is 7.74. The standard InChI is InChI=1S/C23H29ClN6/c1-17(15-18-7-9-20(24)10-8-18)30(16-19-5-3-2-4-6-19)21-11-13-29(14-12-21)23-26-22(25)27-28-23/h2-10,17,21H,11-16H2,1H3,(H3,25,26,27,28). The third-order valence-electron chi connectivity index (χ3n) is 5.93. The summed E-state index contributed by atoms with van der Waals surface area (Å²) in [5.41, 5.74) is 8.37. The van der Waals surface area contributed by atoms with Crippen molar-refractivity contribution in [1.29, 1.82) is 0 Å². The van der Waals surface area contributed by atoms with Gasteiger partial charge in [0.1, 0.15) is 0 Å². The van der Waals surface area contributed by atoms with E-state index in [1.54, 1.807) is 0 Å². The maximum atomic E-state index is 6.07. The average Bonchev–Trinajstić information content (AvgIpc) is 3.21. The monoisotopic (exact) mass is 424 g/mol. The van der Waals surface area contributed by atoms with Gasteiger partial charge in [0.2, 0.25) is 11.9 Å². The van der Waals surface area contributed by atoms with Crippen LogP contribution >= 0.6 is 11.6 Å². The van der Waals surface area contributed by atoms with E-state index in [1.165, 1.54) is 11.1 Å². The van der Waals surface area contributed by atoms with E-state index in [4.69, 9.17) is 17.3 Å². The minimum Gasteiger partial charge on any atom is -0.368 e. The predicted octanol–water partition coefficient (Wildman–Crippen LogP) is 4.14. The summed E-state index contributed by atoms with van der Waals surface area (Å²) in [5.74, 6) is 1.07. The van der Waals surface area contributed by atoms with Gasteiger partial charge in [0.05, 0.1) is 0 Å². The molecule has 1 aromatic heterocycles. The fraction of sp³-hybridized carbons (Fsp3) is 0.391. The highest BCUT2D eigenvalue weighted by molar-refractivity contribution is 6.30. The molecule has 0 amide bonds. The SMILES string of the molecule is CC(Cc1ccc(Cl)cc1)N(Cc1ccccc1)C1CCN(c2n[nH]c(N)n2)CC1. The molecular weight excluding hydrogens is 396 g/mol. The van der Waals surface area contributed by atoms with E-state index in [0.29, 0.717) is 24.0 Å². The Morgan fingerprint density at radius 3 is 2.43 bits per heavy atom. The third-order valence-corrected chi connectivity index (χ3v) is 6.18. The normalized spacial score (nSPS) is 16.2. The number of anilines is 2. The highest BCUT2D eigenvalue weighted by atomic mass is 35.5. The Bertz CT molecular complexity index is 918. The van der Waals surface area contributed by atoms with E-state index in [0.717, 1.165) is 43.9 Å². The Morgan fingerprint density at radius 1 is 1.10 bits per heavy atom. The molecule has 1 saturated heterocycles. The summed E-state index contributed by atoms with van der Waals surface area (Å²) in [4.78, 5) is 9.16. The first-order chi connectivity index (χ1) is 14.6. The maximum Gasteiger partial charge on any atom is 0.246 e. The quantitative estimate of drug-likeness (QED) is 0.596. The Morgan fingerprint density at radius 2 is 1.80 bits per heavy atom. The summed E-state index contributed by atoms with van der Waals surface area (Å²) >= 11 is 6.07. The molecule has 3 aromatic rings. The number of nitrogen functional groups attached to an aromatic ring is 1. The first kappa shape index (κ1) is 20.7. The van der Waals surface area contributed by atoms with Crippen LogP contribution in [0.1, 0.15) is 30.9 Å². The molecule has 1 atom stereocenters. The van der Waals surface area contributed by atoms with Crippen LogP contribution in [-0.4, -0.2) is 45.3 Å². The van der Waals surface area contributed by atoms with E-state index in [1.807, 2.05) is 12.1 Å². The highest BCUT2D eigenvalue weighted by Gasteiger charge is 2.29. The Kier molecular flexibility index (Phi) is 6.55. The molecular formula is C23H29ClN6. The molecule has 0 radical (unpaired) electrons. The molecule has 1 aliphatic rings. The van der Waals surface area contributed by atoms with Crippen molar-refractivity contribution in [3.63, 3.8) is 0 Å². The lowest BCUT2D eigenvalue weighted by Gasteiger charge is -2.41. The predicted molar refractivity (Wildman–Crippen MR) is 123 cm³/mol. The van der Waals surface area contributed by atoms with Crippen molar-refractivity contribution < 1.29 is 0 Å². The Hall–Kier alpha value is -2.57. The van der Waals surface area contributed by atoms with Crippen LogP contribution in [0.3, 0.4) is 0 Å². The summed E-state index contributed by atoms with van der Waals surface area (Å²) < 4.78 is 0. The van der Waals surface area contributed by atoms with Gasteiger partial charge in [0, 0.05) is 36.7 Å². The molecule has 0 bridgehead atoms. The van der Waals surface area contributed by atoms with E-state index in [2.05, 4.69) is 74.4 Å². The molecule has 2 aromatic carbocycles. The number of halogens is 1. The van der Waals surface area contributed by atoms with Crippen molar-refractivity contribution in [2.45, 2.75) is 44.8 Å². The van der Waals surface area contributed by atoms with Crippen molar-refractivity contribution in [2.75, 3.05) is 23.7 Å². The first-order valence-electron chi connectivity index (χ1n) is 10.6. The molecule has 158 valence electrons. The number of nitrogens with zero attached hydrogens (tertiary/aromatic N) is 4. The van der Waals surface area contributed by atoms with Crippen LogP contribution in [-0.2, 0) is 13.0 Å². The van der Waals surface area contributed by atoms with Gasteiger partial charge in [-0.2, -0.15) is 4.98 Å². The van der Waals surface area contributed by atoms with Crippen molar-refractivity contribution in [3.8, 4) is 0 Å². The second-order valence-corrected chi connectivity index (χ2v) is 8.51. The number of rotatable bonds is 7. The maximum absolute atomic E-state index is 6.07. The molecule has 1 fully saturated rings. The molecule has 6 nitrogen and oxygen atoms in total. The summed E-state index contributed by atoms with van der Waals surface area (Å²) in [6.45, 7) is 5.15. The minimum atomic E-state index is 0.370. The van der Waals surface area contributed by atoms with Gasteiger partial charge in [0.25, 0.3) is 0 Å². The minimum absolute atomic E-state index is 0.370. The number of hydrogen-bond acceptors (Lipinski definition) is 5. The van der Waals surface area contributed by atoms with Crippen molar-refractivity contribution in [1.82, 2.24) is 20.1 Å². The molecule has 1 aliphatic heterocycles. The van der Waals surface area contributed by atoms with Gasteiger partial charge >= 0.3 is 0 Å². The largest absolute Gasteiger partial charge is 0.368 e. The molecule has 4 rings (SSSR count). The van der Waals surface area contributed by atoms with Crippen LogP contribution < -0.4 is 10.6 Å². The summed E-state index contributed by atoms with van der Waals surface area (Å²) in [6, 6.07) is 19.9. The van der Waals surface area contributed by atoms with E-state index in [9.17, 15) is 0 Å². The van der Waals surface area contributed by atoms with Gasteiger partial charge in [-0.1, -0.05) is 54.1 Å². The van der Waals surface area contributed by atoms with Gasteiger partial charge < -0.3 is 10.6 Å². The zero-order valence-corrected chi connectivity index (χ0v) is 18.1. The van der Waals surface area contributed by atoms with Crippen LogP contribution in [0.25, 0.3) is 0 Å². The average molecular weight is 425 g/mol. The molecule has 3 N–H and O–H groups in total. The Labute approximate surface area is 183 Å². The number of aromatic amines is 1. The zero-order chi connectivity index (χ0) is 20.9. The zero-order valence-electron chi connectivity index (χ0n) is 17.3. The smallest absolute Gasteiger partial charge is 0.246 e. The number of nitrogens with two attached hydrogens (primary N) is 1. The van der Waals surface area contributed by atoms with Crippen molar-refractivity contribution in [3.05, 3.63) is 70.7 Å². The van der Waals surface area contributed by atoms with Crippen LogP contribution in [0.5, 0.6) is 0 Å². The summed E-state index contributed by atoms with van der Waals surface area (Å²) in [6.07, 6.45) is 3.15. The number of aromatic nitrogens is 3. The summed E-state index contributed by atoms with van der Waals surface area (Å²) in [7, 11) is 0. The fourth-order valence-corrected chi connectivity index (χ4v) is 4.45. The highest BCUT2D eigenvalue weighted by Crippen LogP contribution is 2.25. The molecule has 0 aliphatic carbocycles. The number of benzene rings is 2. The van der Waals surface area contributed by atoms with Gasteiger partial charge in [-0.3, -0.25) is 4.90 Å². The van der Waals surface area contributed by atoms with Gasteiger partial charge in [0.15, 0.2) is 0 Å². The van der Waals surface area contributed by atoms with Gasteiger partial charge in [-0.25, -0.2) is 5.10 Å². The van der Waals surface area contributed by atoms with E-state index in [-0.39, 0.29) is 0 Å².